The predicted octanol–water partition coefficient (Wildman–Crippen LogP) is 2.98. The fourth-order valence-corrected chi connectivity index (χ4v) is 4.94. The van der Waals surface area contributed by atoms with Crippen molar-refractivity contribution in [1.29, 1.82) is 0 Å². The van der Waals surface area contributed by atoms with Crippen molar-refractivity contribution in [1.82, 2.24) is 9.80 Å². The third-order valence-electron chi connectivity index (χ3n) is 6.48. The maximum absolute atomic E-state index is 10.8. The average Bonchev–Trinajstić information content (AvgIpc) is 3.09. The third-order valence-corrected chi connectivity index (χ3v) is 6.48. The number of rotatable bonds is 3. The number of hydrogen-bond donors (Lipinski definition) is 2. The van der Waals surface area contributed by atoms with Gasteiger partial charge in [-0.3, -0.25) is 9.80 Å². The molecule has 0 radical (unpaired) electrons. The summed E-state index contributed by atoms with van der Waals surface area (Å²) in [6.45, 7) is 4.22. The van der Waals surface area contributed by atoms with Crippen LogP contribution in [0.4, 0.5) is 0 Å². The van der Waals surface area contributed by atoms with Gasteiger partial charge in [-0.05, 0) is 25.3 Å². The molecule has 2 aliphatic rings. The SMILES string of the molecule is OC1CCN([C@@H]2CCN(Cc3cccc4c3oc3ccccc34)C[C@H]2O)CC1. The molecule has 0 amide bonds. The highest BCUT2D eigenvalue weighted by Gasteiger charge is 2.33. The second-order valence-corrected chi connectivity index (χ2v) is 8.32. The molecule has 2 atom stereocenters. The predicted molar refractivity (Wildman–Crippen MR) is 110 cm³/mol. The van der Waals surface area contributed by atoms with Gasteiger partial charge < -0.3 is 14.6 Å². The first kappa shape index (κ1) is 18.1. The van der Waals surface area contributed by atoms with Gasteiger partial charge in [0.05, 0.1) is 12.2 Å². The summed E-state index contributed by atoms with van der Waals surface area (Å²) in [5.41, 5.74) is 3.07. The van der Waals surface area contributed by atoms with Crippen LogP contribution in [0.5, 0.6) is 0 Å². The quantitative estimate of drug-likeness (QED) is 0.732. The van der Waals surface area contributed by atoms with E-state index in [-0.39, 0.29) is 18.2 Å². The summed E-state index contributed by atoms with van der Waals surface area (Å²) in [6.07, 6.45) is 2.09. The summed E-state index contributed by atoms with van der Waals surface area (Å²) in [7, 11) is 0. The van der Waals surface area contributed by atoms with Crippen molar-refractivity contribution in [3.8, 4) is 0 Å². The maximum atomic E-state index is 10.8. The Morgan fingerprint density at radius 1 is 0.893 bits per heavy atom. The molecule has 3 aromatic rings. The number of β-amino-alcohol motifs (C(OH)–C–C–N with tert-alkyl or cyclic N) is 1. The van der Waals surface area contributed by atoms with Crippen molar-refractivity contribution in [2.45, 2.75) is 44.1 Å². The molecule has 5 rings (SSSR count). The standard InChI is InChI=1S/C23H28N2O3/c26-17-8-12-25(13-9-17)20-10-11-24(15-21(20)27)14-16-4-3-6-19-18-5-1-2-7-22(18)28-23(16)19/h1-7,17,20-21,26-27H,8-15H2/t20-,21-/m1/s1. The largest absolute Gasteiger partial charge is 0.456 e. The summed E-state index contributed by atoms with van der Waals surface area (Å²) in [4.78, 5) is 4.70. The molecule has 5 heteroatoms. The fraction of sp³-hybridized carbons (Fsp3) is 0.478. The van der Waals surface area contributed by atoms with Crippen LogP contribution in [0, 0.1) is 0 Å². The minimum Gasteiger partial charge on any atom is -0.456 e. The molecule has 2 aliphatic heterocycles. The third kappa shape index (κ3) is 3.33. The molecule has 28 heavy (non-hydrogen) atoms. The zero-order chi connectivity index (χ0) is 19.1. The van der Waals surface area contributed by atoms with Gasteiger partial charge in [-0.15, -0.1) is 0 Å². The van der Waals surface area contributed by atoms with Crippen LogP contribution < -0.4 is 0 Å². The van der Waals surface area contributed by atoms with Crippen LogP contribution in [0.1, 0.15) is 24.8 Å². The number of aliphatic hydroxyl groups is 2. The Bertz CT molecular complexity index is 961. The lowest BCUT2D eigenvalue weighted by molar-refractivity contribution is -0.0355. The zero-order valence-electron chi connectivity index (χ0n) is 16.1. The molecule has 2 fully saturated rings. The van der Waals surface area contributed by atoms with Gasteiger partial charge in [0.15, 0.2) is 0 Å². The van der Waals surface area contributed by atoms with Crippen LogP contribution in [0.15, 0.2) is 46.9 Å². The lowest BCUT2D eigenvalue weighted by Gasteiger charge is -2.43. The van der Waals surface area contributed by atoms with E-state index in [4.69, 9.17) is 4.42 Å². The van der Waals surface area contributed by atoms with Crippen molar-refractivity contribution in [3.05, 3.63) is 48.0 Å². The Morgan fingerprint density at radius 3 is 2.50 bits per heavy atom. The van der Waals surface area contributed by atoms with Gasteiger partial charge in [0, 0.05) is 55.1 Å². The normalized spacial score (nSPS) is 25.6. The van der Waals surface area contributed by atoms with E-state index < -0.39 is 0 Å². The maximum Gasteiger partial charge on any atom is 0.139 e. The zero-order valence-corrected chi connectivity index (χ0v) is 16.1. The van der Waals surface area contributed by atoms with E-state index in [2.05, 4.69) is 34.1 Å². The number of hydrogen-bond acceptors (Lipinski definition) is 5. The highest BCUT2D eigenvalue weighted by Crippen LogP contribution is 2.32. The van der Waals surface area contributed by atoms with E-state index in [1.165, 1.54) is 5.56 Å². The van der Waals surface area contributed by atoms with Crippen molar-refractivity contribution >= 4 is 21.9 Å². The molecule has 148 valence electrons. The van der Waals surface area contributed by atoms with Gasteiger partial charge in [0.2, 0.25) is 0 Å². The molecule has 5 nitrogen and oxygen atoms in total. The first-order valence-electron chi connectivity index (χ1n) is 10.4. The van der Waals surface area contributed by atoms with Gasteiger partial charge in [0.25, 0.3) is 0 Å². The molecule has 0 spiro atoms. The van der Waals surface area contributed by atoms with Crippen LogP contribution in [-0.2, 0) is 6.54 Å². The molecule has 0 saturated carbocycles. The molecule has 0 bridgehead atoms. The Morgan fingerprint density at radius 2 is 1.68 bits per heavy atom. The average molecular weight is 380 g/mol. The van der Waals surface area contributed by atoms with E-state index in [9.17, 15) is 10.2 Å². The number of aliphatic hydroxyl groups excluding tert-OH is 2. The van der Waals surface area contributed by atoms with E-state index in [1.54, 1.807) is 0 Å². The molecular formula is C23H28N2O3. The number of fused-ring (bicyclic) bond motifs is 3. The molecule has 2 aromatic carbocycles. The van der Waals surface area contributed by atoms with Gasteiger partial charge in [-0.2, -0.15) is 0 Å². The molecule has 3 heterocycles. The van der Waals surface area contributed by atoms with E-state index >= 15 is 0 Å². The molecule has 1 aromatic heterocycles. The second-order valence-electron chi connectivity index (χ2n) is 8.32. The Balaban J connectivity index is 1.31. The molecule has 0 aliphatic carbocycles. The number of para-hydroxylation sites is 2. The second kappa shape index (κ2) is 7.48. The lowest BCUT2D eigenvalue weighted by atomic mass is 9.96. The minimum atomic E-state index is -0.348. The number of furan rings is 1. The van der Waals surface area contributed by atoms with Crippen LogP contribution in [0.2, 0.25) is 0 Å². The topological polar surface area (TPSA) is 60.1 Å². The van der Waals surface area contributed by atoms with E-state index in [1.807, 2.05) is 18.2 Å². The van der Waals surface area contributed by atoms with Crippen LogP contribution >= 0.6 is 0 Å². The van der Waals surface area contributed by atoms with Crippen LogP contribution in [0.25, 0.3) is 21.9 Å². The summed E-state index contributed by atoms with van der Waals surface area (Å²) in [6, 6.07) is 14.7. The number of piperidine rings is 2. The summed E-state index contributed by atoms with van der Waals surface area (Å²) < 4.78 is 6.16. The lowest BCUT2D eigenvalue weighted by Crippen LogP contribution is -2.55. The van der Waals surface area contributed by atoms with Crippen molar-refractivity contribution in [2.24, 2.45) is 0 Å². The van der Waals surface area contributed by atoms with E-state index in [0.29, 0.717) is 6.54 Å². The van der Waals surface area contributed by atoms with E-state index in [0.717, 1.165) is 67.4 Å². The first-order valence-corrected chi connectivity index (χ1v) is 10.4. The molecule has 2 N–H and O–H groups in total. The highest BCUT2D eigenvalue weighted by molar-refractivity contribution is 6.05. The molecule has 0 unspecified atom stereocenters. The van der Waals surface area contributed by atoms with Crippen LogP contribution in [-0.4, -0.2) is 64.4 Å². The van der Waals surface area contributed by atoms with Gasteiger partial charge in [0.1, 0.15) is 11.2 Å². The smallest absolute Gasteiger partial charge is 0.139 e. The molecular weight excluding hydrogens is 352 g/mol. The summed E-state index contributed by atoms with van der Waals surface area (Å²) in [5.74, 6) is 0. The van der Waals surface area contributed by atoms with Crippen molar-refractivity contribution in [3.63, 3.8) is 0 Å². The van der Waals surface area contributed by atoms with Gasteiger partial charge in [-0.25, -0.2) is 0 Å². The number of nitrogens with zero attached hydrogens (tertiary/aromatic N) is 2. The van der Waals surface area contributed by atoms with Crippen molar-refractivity contribution < 1.29 is 14.6 Å². The molecule has 2 saturated heterocycles. The van der Waals surface area contributed by atoms with Crippen molar-refractivity contribution in [2.75, 3.05) is 26.2 Å². The Hall–Kier alpha value is -1.92. The highest BCUT2D eigenvalue weighted by atomic mass is 16.3. The Labute approximate surface area is 165 Å². The monoisotopic (exact) mass is 380 g/mol. The number of likely N-dealkylation sites (tertiary alicyclic amines) is 2. The minimum absolute atomic E-state index is 0.169. The fourth-order valence-electron chi connectivity index (χ4n) is 4.94. The van der Waals surface area contributed by atoms with Crippen LogP contribution in [0.3, 0.4) is 0 Å². The van der Waals surface area contributed by atoms with Gasteiger partial charge >= 0.3 is 0 Å². The van der Waals surface area contributed by atoms with Gasteiger partial charge in [-0.1, -0.05) is 36.4 Å². The summed E-state index contributed by atoms with van der Waals surface area (Å²) >= 11 is 0. The Kier molecular flexibility index (Phi) is 4.85. The summed E-state index contributed by atoms with van der Waals surface area (Å²) in [5, 5.41) is 22.8. The number of benzene rings is 2. The first-order chi connectivity index (χ1) is 13.7.